The molecule has 6 nitrogen and oxygen atoms in total. The highest BCUT2D eigenvalue weighted by Crippen LogP contribution is 2.32. The van der Waals surface area contributed by atoms with Gasteiger partial charge in [0.15, 0.2) is 12.4 Å². The van der Waals surface area contributed by atoms with Crippen molar-refractivity contribution < 1.29 is 23.5 Å². The molecule has 3 rings (SSSR count). The van der Waals surface area contributed by atoms with Gasteiger partial charge in [0.25, 0.3) is 0 Å². The Kier molecular flexibility index (Phi) is 7.82. The first-order valence-corrected chi connectivity index (χ1v) is 10.9. The summed E-state index contributed by atoms with van der Waals surface area (Å²) in [5, 5.41) is 1.45. The average Bonchev–Trinajstić information content (AvgIpc) is 2.74. The molecule has 0 bridgehead atoms. The van der Waals surface area contributed by atoms with E-state index in [4.69, 9.17) is 48.7 Å². The van der Waals surface area contributed by atoms with E-state index in [0.29, 0.717) is 27.1 Å². The Morgan fingerprint density at radius 3 is 2.47 bits per heavy atom. The Morgan fingerprint density at radius 2 is 1.78 bits per heavy atom. The van der Waals surface area contributed by atoms with Gasteiger partial charge in [-0.05, 0) is 50.1 Å². The molecule has 0 spiro atoms. The van der Waals surface area contributed by atoms with Crippen LogP contribution in [0.1, 0.15) is 34.8 Å². The van der Waals surface area contributed by atoms with Gasteiger partial charge in [0.2, 0.25) is 0 Å². The van der Waals surface area contributed by atoms with E-state index in [2.05, 4.69) is 0 Å². The van der Waals surface area contributed by atoms with E-state index >= 15 is 0 Å². The van der Waals surface area contributed by atoms with Gasteiger partial charge in [-0.3, -0.25) is 9.59 Å². The van der Waals surface area contributed by atoms with Crippen molar-refractivity contribution in [1.29, 1.82) is 0 Å². The van der Waals surface area contributed by atoms with Crippen LogP contribution in [0, 0.1) is 6.92 Å². The quantitative estimate of drug-likeness (QED) is 0.222. The van der Waals surface area contributed by atoms with Gasteiger partial charge in [0, 0.05) is 29.0 Å². The highest BCUT2D eigenvalue weighted by atomic mass is 35.5. The molecule has 0 atom stereocenters. The molecule has 1 heterocycles. The normalized spacial score (nSPS) is 10.9. The van der Waals surface area contributed by atoms with E-state index in [1.807, 2.05) is 0 Å². The summed E-state index contributed by atoms with van der Waals surface area (Å²) in [6.07, 6.45) is 0.258. The monoisotopic (exact) mass is 496 g/mol. The second-order valence-corrected chi connectivity index (χ2v) is 8.14. The molecule has 3 aromatic rings. The minimum atomic E-state index is -0.556. The van der Waals surface area contributed by atoms with Crippen LogP contribution < -0.4 is 10.4 Å². The second-order valence-electron chi connectivity index (χ2n) is 6.92. The molecular weight excluding hydrogens is 479 g/mol. The Morgan fingerprint density at radius 1 is 1.03 bits per heavy atom. The minimum absolute atomic E-state index is 0.0662. The van der Waals surface area contributed by atoms with E-state index in [-0.39, 0.29) is 59.2 Å². The predicted octanol–water partition coefficient (Wildman–Crippen LogP) is 5.82. The van der Waals surface area contributed by atoms with Gasteiger partial charge in [-0.25, -0.2) is 4.79 Å². The Hall–Kier alpha value is -2.54. The molecule has 0 saturated carbocycles. The summed E-state index contributed by atoms with van der Waals surface area (Å²) in [5.74, 6) is -0.527. The van der Waals surface area contributed by atoms with Crippen LogP contribution in [-0.4, -0.2) is 25.0 Å². The molecule has 0 fully saturated rings. The molecule has 9 heteroatoms. The summed E-state index contributed by atoms with van der Waals surface area (Å²) in [5.41, 5.74) is 1.07. The number of carbonyl (C=O) groups is 2. The molecule has 0 aliphatic heterocycles. The zero-order valence-electron chi connectivity index (χ0n) is 17.3. The maximum atomic E-state index is 12.5. The van der Waals surface area contributed by atoms with Gasteiger partial charge in [-0.1, -0.05) is 34.8 Å². The van der Waals surface area contributed by atoms with Crippen LogP contribution in [0.5, 0.6) is 5.75 Å². The third-order valence-corrected chi connectivity index (χ3v) is 5.86. The van der Waals surface area contributed by atoms with Crippen LogP contribution in [0.4, 0.5) is 0 Å². The fraction of sp³-hybridized carbons (Fsp3) is 0.261. The van der Waals surface area contributed by atoms with Crippen LogP contribution in [0.3, 0.4) is 0 Å². The van der Waals surface area contributed by atoms with E-state index in [1.165, 1.54) is 18.2 Å². The van der Waals surface area contributed by atoms with Crippen molar-refractivity contribution in [3.63, 3.8) is 0 Å². The van der Waals surface area contributed by atoms with Crippen molar-refractivity contribution in [2.24, 2.45) is 0 Å². The van der Waals surface area contributed by atoms with Crippen LogP contribution in [0.15, 0.2) is 39.5 Å². The van der Waals surface area contributed by atoms with Crippen molar-refractivity contribution in [2.75, 3.05) is 13.2 Å². The first-order chi connectivity index (χ1) is 15.2. The average molecular weight is 498 g/mol. The number of aryl methyl sites for hydroxylation is 1. The molecule has 0 aliphatic carbocycles. The number of carbonyl (C=O) groups excluding carboxylic acids is 2. The van der Waals surface area contributed by atoms with Gasteiger partial charge >= 0.3 is 11.6 Å². The number of Topliss-reactive ketones (excluding diaryl/α,β-unsaturated/α-hetero) is 1. The zero-order valence-corrected chi connectivity index (χ0v) is 19.6. The maximum absolute atomic E-state index is 12.5. The number of ketones is 1. The van der Waals surface area contributed by atoms with Gasteiger partial charge < -0.3 is 13.9 Å². The predicted molar refractivity (Wildman–Crippen MR) is 123 cm³/mol. The largest absolute Gasteiger partial charge is 0.484 e. The maximum Gasteiger partial charge on any atom is 0.339 e. The smallest absolute Gasteiger partial charge is 0.339 e. The molecule has 0 N–H and O–H groups in total. The lowest BCUT2D eigenvalue weighted by Crippen LogP contribution is -2.14. The number of hydrogen-bond acceptors (Lipinski definition) is 6. The Labute approximate surface area is 199 Å². The first-order valence-electron chi connectivity index (χ1n) is 9.73. The van der Waals surface area contributed by atoms with Crippen molar-refractivity contribution in [3.8, 4) is 5.75 Å². The number of benzene rings is 2. The fourth-order valence-electron chi connectivity index (χ4n) is 3.15. The molecule has 0 saturated heterocycles. The summed E-state index contributed by atoms with van der Waals surface area (Å²) in [4.78, 5) is 36.5. The number of esters is 1. The lowest BCUT2D eigenvalue weighted by molar-refractivity contribution is -0.143. The van der Waals surface area contributed by atoms with Gasteiger partial charge in [-0.2, -0.15) is 0 Å². The highest BCUT2D eigenvalue weighted by molar-refractivity contribution is 6.42. The van der Waals surface area contributed by atoms with Crippen molar-refractivity contribution in [1.82, 2.24) is 0 Å². The van der Waals surface area contributed by atoms with Crippen molar-refractivity contribution in [3.05, 3.63) is 72.5 Å². The van der Waals surface area contributed by atoms with Gasteiger partial charge in [0.1, 0.15) is 11.3 Å². The molecule has 0 unspecified atom stereocenters. The zero-order chi connectivity index (χ0) is 23.4. The number of hydrogen-bond donors (Lipinski definition) is 0. The van der Waals surface area contributed by atoms with E-state index < -0.39 is 5.63 Å². The summed E-state index contributed by atoms with van der Waals surface area (Å²) >= 11 is 18.2. The van der Waals surface area contributed by atoms with E-state index in [9.17, 15) is 14.4 Å². The summed E-state index contributed by atoms with van der Waals surface area (Å²) in [7, 11) is 0. The van der Waals surface area contributed by atoms with E-state index in [1.54, 1.807) is 26.0 Å². The molecule has 2 aromatic carbocycles. The molecule has 32 heavy (non-hydrogen) atoms. The first kappa shape index (κ1) is 24.1. The molecule has 168 valence electrons. The molecular formula is C23H19Cl3O6. The SMILES string of the molecule is CCOC(=O)CCc1c(C)c2cc(Cl)c(OCC(=O)c3ccc(Cl)c(Cl)c3)cc2oc1=O. The topological polar surface area (TPSA) is 82.8 Å². The summed E-state index contributed by atoms with van der Waals surface area (Å²) in [6, 6.07) is 7.59. The van der Waals surface area contributed by atoms with Crippen LogP contribution in [-0.2, 0) is 16.0 Å². The van der Waals surface area contributed by atoms with Crippen LogP contribution in [0.25, 0.3) is 11.0 Å². The number of rotatable bonds is 8. The Balaban J connectivity index is 1.82. The highest BCUT2D eigenvalue weighted by Gasteiger charge is 2.17. The minimum Gasteiger partial charge on any atom is -0.484 e. The lowest BCUT2D eigenvalue weighted by atomic mass is 10.0. The van der Waals surface area contributed by atoms with Crippen LogP contribution >= 0.6 is 34.8 Å². The van der Waals surface area contributed by atoms with Gasteiger partial charge in [0.05, 0.1) is 21.7 Å². The fourth-order valence-corrected chi connectivity index (χ4v) is 3.66. The van der Waals surface area contributed by atoms with E-state index in [0.717, 1.165) is 0 Å². The van der Waals surface area contributed by atoms with Crippen molar-refractivity contribution in [2.45, 2.75) is 26.7 Å². The molecule has 0 amide bonds. The van der Waals surface area contributed by atoms with Crippen molar-refractivity contribution >= 4 is 57.5 Å². The second kappa shape index (κ2) is 10.4. The number of halogens is 3. The standard InChI is InChI=1S/C23H19Cl3O6/c1-3-30-22(28)7-5-14-12(2)15-9-18(26)21(10-20(15)32-23(14)29)31-11-19(27)13-4-6-16(24)17(25)8-13/h4,6,8-10H,3,5,7,11H2,1-2H3. The molecule has 0 radical (unpaired) electrons. The number of ether oxygens (including phenoxy) is 2. The lowest BCUT2D eigenvalue weighted by Gasteiger charge is -2.12. The molecule has 0 aliphatic rings. The third kappa shape index (κ3) is 5.44. The summed E-state index contributed by atoms with van der Waals surface area (Å²) in [6.45, 7) is 3.44. The molecule has 1 aromatic heterocycles. The number of fused-ring (bicyclic) bond motifs is 1. The third-order valence-electron chi connectivity index (χ3n) is 4.82. The van der Waals surface area contributed by atoms with Crippen LogP contribution in [0.2, 0.25) is 15.1 Å². The summed E-state index contributed by atoms with van der Waals surface area (Å²) < 4.78 is 15.9. The Bertz CT molecular complexity index is 1250. The van der Waals surface area contributed by atoms with Gasteiger partial charge in [-0.15, -0.1) is 0 Å².